The topological polar surface area (TPSA) is 121 Å². The van der Waals surface area contributed by atoms with Crippen LogP contribution < -0.4 is 0 Å². The highest BCUT2D eigenvalue weighted by Crippen LogP contribution is 2.07. The minimum absolute atomic E-state index is 0.0259. The Hall–Kier alpha value is -1.73. The first kappa shape index (κ1) is 29.3. The summed E-state index contributed by atoms with van der Waals surface area (Å²) in [6, 6.07) is 0. The molecule has 0 radical (unpaired) electrons. The van der Waals surface area contributed by atoms with Gasteiger partial charge in [-0.2, -0.15) is 0 Å². The second-order valence-electron chi connectivity index (χ2n) is 6.53. The molecular weight excluding hydrogens is 432 g/mol. The van der Waals surface area contributed by atoms with Crippen LogP contribution in [0.1, 0.15) is 13.3 Å². The van der Waals surface area contributed by atoms with Crippen LogP contribution in [0.3, 0.4) is 0 Å². The van der Waals surface area contributed by atoms with Crippen molar-refractivity contribution in [3.05, 3.63) is 0 Å². The smallest absolute Gasteiger partial charge is 0.319 e. The monoisotopic (exact) mass is 466 g/mol. The highest BCUT2D eigenvalue weighted by atomic mass is 32.2. The fourth-order valence-electron chi connectivity index (χ4n) is 2.21. The van der Waals surface area contributed by atoms with Gasteiger partial charge in [0.25, 0.3) is 0 Å². The van der Waals surface area contributed by atoms with Crippen LogP contribution in [0.15, 0.2) is 0 Å². The zero-order valence-corrected chi connectivity index (χ0v) is 19.7. The Kier molecular flexibility index (Phi) is 16.9. The summed E-state index contributed by atoms with van der Waals surface area (Å²) in [6.45, 7) is 2.46. The number of ether oxygens (including phenoxy) is 5. The van der Waals surface area contributed by atoms with Gasteiger partial charge in [0.1, 0.15) is 0 Å². The fourth-order valence-corrected chi connectivity index (χ4v) is 2.82. The summed E-state index contributed by atoms with van der Waals surface area (Å²) in [5.41, 5.74) is 0. The number of carbonyl (C=O) groups is 4. The van der Waals surface area contributed by atoms with Gasteiger partial charge in [-0.3, -0.25) is 29.0 Å². The van der Waals surface area contributed by atoms with Crippen molar-refractivity contribution in [3.8, 4) is 0 Å². The Morgan fingerprint density at radius 1 is 0.774 bits per heavy atom. The number of thioether (sulfide) groups is 1. The maximum Gasteiger partial charge on any atom is 0.319 e. The Labute approximate surface area is 187 Å². The molecule has 1 unspecified atom stereocenters. The molecule has 0 fully saturated rings. The molecule has 0 spiro atoms. The van der Waals surface area contributed by atoms with E-state index in [4.69, 9.17) is 9.47 Å². The average molecular weight is 467 g/mol. The molecule has 1 atom stereocenters. The largest absolute Gasteiger partial charge is 0.468 e. The first-order valence-corrected chi connectivity index (χ1v) is 10.7. The number of carbonyl (C=O) groups excluding carboxylic acids is 4. The van der Waals surface area contributed by atoms with Crippen molar-refractivity contribution in [1.82, 2.24) is 9.80 Å². The maximum atomic E-state index is 12.3. The highest BCUT2D eigenvalue weighted by molar-refractivity contribution is 8.13. The van der Waals surface area contributed by atoms with E-state index in [-0.39, 0.29) is 56.4 Å². The second-order valence-corrected chi connectivity index (χ2v) is 7.51. The molecule has 31 heavy (non-hydrogen) atoms. The SMILES string of the molecule is COC(=O)CN(CCN(CC(=O)OC)CC(=O)SCOCCC(C)OC)CC(=O)OC. The summed E-state index contributed by atoms with van der Waals surface area (Å²) in [5.74, 6) is -1.35. The first-order chi connectivity index (χ1) is 14.7. The predicted octanol–water partition coefficient (Wildman–Crippen LogP) is -0.232. The molecule has 180 valence electrons. The van der Waals surface area contributed by atoms with Crippen LogP contribution in [0.2, 0.25) is 0 Å². The molecule has 0 aromatic heterocycles. The normalized spacial score (nSPS) is 12.0. The van der Waals surface area contributed by atoms with Crippen LogP contribution in [0.4, 0.5) is 0 Å². The lowest BCUT2D eigenvalue weighted by atomic mass is 10.3. The molecule has 0 heterocycles. The van der Waals surface area contributed by atoms with Gasteiger partial charge in [0.05, 0.1) is 66.2 Å². The van der Waals surface area contributed by atoms with Crippen molar-refractivity contribution in [2.45, 2.75) is 19.4 Å². The molecular formula is C19H34N2O9S. The summed E-state index contributed by atoms with van der Waals surface area (Å²) in [4.78, 5) is 50.2. The highest BCUT2D eigenvalue weighted by Gasteiger charge is 2.20. The van der Waals surface area contributed by atoms with Gasteiger partial charge in [0.2, 0.25) is 5.12 Å². The molecule has 12 heteroatoms. The van der Waals surface area contributed by atoms with Crippen molar-refractivity contribution < 1.29 is 42.9 Å². The lowest BCUT2D eigenvalue weighted by Crippen LogP contribution is -2.43. The molecule has 0 saturated carbocycles. The average Bonchev–Trinajstić information content (AvgIpc) is 2.76. The molecule has 11 nitrogen and oxygen atoms in total. The predicted molar refractivity (Wildman–Crippen MR) is 113 cm³/mol. The van der Waals surface area contributed by atoms with Crippen molar-refractivity contribution in [1.29, 1.82) is 0 Å². The molecule has 0 aliphatic heterocycles. The minimum atomic E-state index is -0.519. The van der Waals surface area contributed by atoms with E-state index in [9.17, 15) is 19.2 Å². The van der Waals surface area contributed by atoms with Crippen LogP contribution in [0.5, 0.6) is 0 Å². The van der Waals surface area contributed by atoms with Crippen LogP contribution in [-0.2, 0) is 42.9 Å². The molecule has 0 aromatic rings. The third-order valence-electron chi connectivity index (χ3n) is 4.20. The zero-order valence-electron chi connectivity index (χ0n) is 18.9. The molecule has 0 amide bonds. The van der Waals surface area contributed by atoms with E-state index in [1.807, 2.05) is 6.92 Å². The number of rotatable bonds is 17. The first-order valence-electron chi connectivity index (χ1n) is 9.66. The van der Waals surface area contributed by atoms with E-state index >= 15 is 0 Å². The van der Waals surface area contributed by atoms with Crippen molar-refractivity contribution in [3.63, 3.8) is 0 Å². The van der Waals surface area contributed by atoms with Crippen LogP contribution in [0.25, 0.3) is 0 Å². The lowest BCUT2D eigenvalue weighted by Gasteiger charge is -2.25. The molecule has 0 bridgehead atoms. The molecule has 0 saturated heterocycles. The molecule has 0 aromatic carbocycles. The lowest BCUT2D eigenvalue weighted by molar-refractivity contribution is -0.147. The van der Waals surface area contributed by atoms with Crippen LogP contribution in [-0.4, -0.2) is 119 Å². The van der Waals surface area contributed by atoms with Gasteiger partial charge in [0, 0.05) is 20.2 Å². The van der Waals surface area contributed by atoms with Crippen LogP contribution in [0, 0.1) is 0 Å². The fraction of sp³-hybridized carbons (Fsp3) is 0.789. The van der Waals surface area contributed by atoms with Crippen molar-refractivity contribution >= 4 is 34.8 Å². The van der Waals surface area contributed by atoms with E-state index < -0.39 is 17.9 Å². The van der Waals surface area contributed by atoms with Crippen molar-refractivity contribution in [2.75, 3.05) is 80.3 Å². The van der Waals surface area contributed by atoms with E-state index in [1.54, 1.807) is 12.0 Å². The summed E-state index contributed by atoms with van der Waals surface area (Å²) in [7, 11) is 5.37. The number of nitrogens with zero attached hydrogens (tertiary/aromatic N) is 2. The van der Waals surface area contributed by atoms with Gasteiger partial charge < -0.3 is 23.7 Å². The van der Waals surface area contributed by atoms with E-state index in [0.29, 0.717) is 6.61 Å². The van der Waals surface area contributed by atoms with Crippen molar-refractivity contribution in [2.24, 2.45) is 0 Å². The standard InChI is InChI=1S/C19H34N2O9S/c1-15(26-2)6-9-30-14-31-19(25)13-21(12-18(24)29-5)8-7-20(10-16(22)27-3)11-17(23)28-4/h15H,6-14H2,1-5H3. The third-order valence-corrected chi connectivity index (χ3v) is 4.94. The summed E-state index contributed by atoms with van der Waals surface area (Å²) in [6.07, 6.45) is 0.796. The van der Waals surface area contributed by atoms with Gasteiger partial charge in [-0.05, 0) is 13.3 Å². The van der Waals surface area contributed by atoms with E-state index in [0.717, 1.165) is 18.2 Å². The summed E-state index contributed by atoms with van der Waals surface area (Å²) < 4.78 is 24.5. The number of esters is 3. The van der Waals surface area contributed by atoms with E-state index in [2.05, 4.69) is 14.2 Å². The van der Waals surface area contributed by atoms with Gasteiger partial charge in [-0.15, -0.1) is 0 Å². The Bertz CT molecular complexity index is 544. The quantitative estimate of drug-likeness (QED) is 0.122. The van der Waals surface area contributed by atoms with Gasteiger partial charge >= 0.3 is 17.9 Å². The van der Waals surface area contributed by atoms with Gasteiger partial charge in [0.15, 0.2) is 0 Å². The Morgan fingerprint density at radius 2 is 1.23 bits per heavy atom. The van der Waals surface area contributed by atoms with E-state index in [1.165, 1.54) is 26.2 Å². The number of hydrogen-bond donors (Lipinski definition) is 0. The Balaban J connectivity index is 4.69. The Morgan fingerprint density at radius 3 is 1.65 bits per heavy atom. The molecule has 0 aliphatic carbocycles. The number of hydrogen-bond acceptors (Lipinski definition) is 12. The van der Waals surface area contributed by atoms with Crippen LogP contribution >= 0.6 is 11.8 Å². The maximum absolute atomic E-state index is 12.3. The third kappa shape index (κ3) is 15.7. The number of methoxy groups -OCH3 is 4. The van der Waals surface area contributed by atoms with Gasteiger partial charge in [-0.1, -0.05) is 11.8 Å². The molecule has 0 rings (SSSR count). The molecule has 0 N–H and O–H groups in total. The molecule has 0 aliphatic rings. The summed E-state index contributed by atoms with van der Waals surface area (Å²) in [5, 5.41) is -0.184. The van der Waals surface area contributed by atoms with Gasteiger partial charge in [-0.25, -0.2) is 0 Å². The summed E-state index contributed by atoms with van der Waals surface area (Å²) >= 11 is 1.00. The minimum Gasteiger partial charge on any atom is -0.468 e. The zero-order chi connectivity index (χ0) is 23.6. The second kappa shape index (κ2) is 17.9.